The van der Waals surface area contributed by atoms with Crippen molar-refractivity contribution in [2.45, 2.75) is 38.0 Å². The van der Waals surface area contributed by atoms with Crippen LogP contribution in [0.25, 0.3) is 0 Å². The first-order chi connectivity index (χ1) is 9.61. The highest BCUT2D eigenvalue weighted by atomic mass is 32.2. The standard InChI is InChI=1S/C15H21N3S2/c1-12(2)5-3-4-10-17-15(19)18-13-6-8-14(9-7-13)20-11-16/h6-9,12H,3-5,10H2,1-2H3,(H2,17,18,19). The van der Waals surface area contributed by atoms with Crippen LogP contribution in [0.2, 0.25) is 0 Å². The molecule has 0 bridgehead atoms. The molecule has 5 heteroatoms. The van der Waals surface area contributed by atoms with Crippen LogP contribution in [0.3, 0.4) is 0 Å². The summed E-state index contributed by atoms with van der Waals surface area (Å²) in [7, 11) is 0. The monoisotopic (exact) mass is 307 g/mol. The second-order valence-electron chi connectivity index (χ2n) is 4.99. The summed E-state index contributed by atoms with van der Waals surface area (Å²) in [5.41, 5.74) is 0.937. The van der Waals surface area contributed by atoms with E-state index in [1.807, 2.05) is 24.3 Å². The molecule has 0 unspecified atom stereocenters. The van der Waals surface area contributed by atoms with Gasteiger partial charge in [0.1, 0.15) is 5.40 Å². The van der Waals surface area contributed by atoms with Crippen LogP contribution in [-0.2, 0) is 0 Å². The predicted octanol–water partition coefficient (Wildman–Crippen LogP) is 4.37. The van der Waals surface area contributed by atoms with Crippen molar-refractivity contribution in [1.29, 1.82) is 5.26 Å². The summed E-state index contributed by atoms with van der Waals surface area (Å²) in [5, 5.41) is 17.6. The smallest absolute Gasteiger partial charge is 0.170 e. The summed E-state index contributed by atoms with van der Waals surface area (Å²) in [4.78, 5) is 0.936. The molecular formula is C15H21N3S2. The van der Waals surface area contributed by atoms with Crippen LogP contribution in [0, 0.1) is 16.6 Å². The molecule has 1 aromatic carbocycles. The molecule has 0 aliphatic carbocycles. The van der Waals surface area contributed by atoms with Crippen LogP contribution in [-0.4, -0.2) is 11.7 Å². The summed E-state index contributed by atoms with van der Waals surface area (Å²) in [6, 6.07) is 7.65. The lowest BCUT2D eigenvalue weighted by molar-refractivity contribution is 0.536. The Balaban J connectivity index is 2.23. The van der Waals surface area contributed by atoms with Gasteiger partial charge in [0.25, 0.3) is 0 Å². The Morgan fingerprint density at radius 3 is 2.60 bits per heavy atom. The number of unbranched alkanes of at least 4 members (excludes halogenated alkanes) is 1. The second kappa shape index (κ2) is 9.62. The van der Waals surface area contributed by atoms with Gasteiger partial charge in [-0.3, -0.25) is 0 Å². The molecule has 0 fully saturated rings. The van der Waals surface area contributed by atoms with E-state index in [2.05, 4.69) is 29.9 Å². The van der Waals surface area contributed by atoms with Crippen molar-refractivity contribution < 1.29 is 0 Å². The fourth-order valence-corrected chi connectivity index (χ4v) is 2.31. The number of nitrogens with one attached hydrogen (secondary N) is 2. The molecule has 0 amide bonds. The number of thiocarbonyl (C=S) groups is 1. The number of rotatable bonds is 7. The Kier molecular flexibility index (Phi) is 8.08. The summed E-state index contributed by atoms with van der Waals surface area (Å²) in [6.07, 6.45) is 3.63. The molecule has 0 aliphatic heterocycles. The zero-order valence-corrected chi connectivity index (χ0v) is 13.6. The molecule has 108 valence electrons. The van der Waals surface area contributed by atoms with Gasteiger partial charge in [0.05, 0.1) is 0 Å². The number of anilines is 1. The van der Waals surface area contributed by atoms with Crippen LogP contribution in [0.15, 0.2) is 29.2 Å². The largest absolute Gasteiger partial charge is 0.362 e. The molecule has 0 saturated carbocycles. The Morgan fingerprint density at radius 2 is 2.00 bits per heavy atom. The number of nitrogens with zero attached hydrogens (tertiary/aromatic N) is 1. The van der Waals surface area contributed by atoms with Gasteiger partial charge in [-0.2, -0.15) is 5.26 Å². The van der Waals surface area contributed by atoms with Gasteiger partial charge in [0.2, 0.25) is 0 Å². The molecule has 0 heterocycles. The first-order valence-electron chi connectivity index (χ1n) is 6.82. The van der Waals surface area contributed by atoms with Crippen molar-refractivity contribution in [1.82, 2.24) is 5.32 Å². The van der Waals surface area contributed by atoms with E-state index < -0.39 is 0 Å². The van der Waals surface area contributed by atoms with Gasteiger partial charge in [-0.25, -0.2) is 0 Å². The maximum absolute atomic E-state index is 8.58. The maximum Gasteiger partial charge on any atom is 0.170 e. The highest BCUT2D eigenvalue weighted by Gasteiger charge is 1.99. The van der Waals surface area contributed by atoms with E-state index in [0.717, 1.165) is 41.2 Å². The lowest BCUT2D eigenvalue weighted by Crippen LogP contribution is -2.29. The Labute approximate surface area is 131 Å². The molecule has 1 rings (SSSR count). The Hall–Kier alpha value is -1.25. The minimum absolute atomic E-state index is 0.648. The van der Waals surface area contributed by atoms with Crippen molar-refractivity contribution in [2.24, 2.45) is 5.92 Å². The fraction of sp³-hybridized carbons (Fsp3) is 0.467. The molecule has 0 aromatic heterocycles. The lowest BCUT2D eigenvalue weighted by atomic mass is 10.1. The van der Waals surface area contributed by atoms with Crippen LogP contribution < -0.4 is 10.6 Å². The molecule has 1 aromatic rings. The topological polar surface area (TPSA) is 47.8 Å². The zero-order valence-electron chi connectivity index (χ0n) is 12.0. The molecule has 3 nitrogen and oxygen atoms in total. The zero-order chi connectivity index (χ0) is 14.8. The summed E-state index contributed by atoms with van der Waals surface area (Å²) >= 11 is 6.40. The average molecular weight is 307 g/mol. The van der Waals surface area contributed by atoms with E-state index in [1.165, 1.54) is 12.8 Å². The maximum atomic E-state index is 8.58. The minimum atomic E-state index is 0.648. The van der Waals surface area contributed by atoms with Gasteiger partial charge in [0.15, 0.2) is 5.11 Å². The van der Waals surface area contributed by atoms with Crippen molar-refractivity contribution in [3.05, 3.63) is 24.3 Å². The molecule has 20 heavy (non-hydrogen) atoms. The van der Waals surface area contributed by atoms with Crippen molar-refractivity contribution in [3.8, 4) is 5.40 Å². The van der Waals surface area contributed by atoms with Crippen LogP contribution in [0.4, 0.5) is 5.69 Å². The summed E-state index contributed by atoms with van der Waals surface area (Å²) in [6.45, 7) is 5.39. The highest BCUT2D eigenvalue weighted by Crippen LogP contribution is 2.18. The molecule has 0 atom stereocenters. The molecule has 2 N–H and O–H groups in total. The second-order valence-corrected chi connectivity index (χ2v) is 6.25. The van der Waals surface area contributed by atoms with Crippen LogP contribution >= 0.6 is 24.0 Å². The highest BCUT2D eigenvalue weighted by molar-refractivity contribution is 8.03. The Bertz CT molecular complexity index is 449. The van der Waals surface area contributed by atoms with Crippen molar-refractivity contribution in [2.75, 3.05) is 11.9 Å². The first-order valence-corrected chi connectivity index (χ1v) is 8.05. The van der Waals surface area contributed by atoms with E-state index >= 15 is 0 Å². The number of hydrogen-bond acceptors (Lipinski definition) is 3. The summed E-state index contributed by atoms with van der Waals surface area (Å²) in [5.74, 6) is 0.768. The van der Waals surface area contributed by atoms with Gasteiger partial charge in [0, 0.05) is 17.1 Å². The van der Waals surface area contributed by atoms with Gasteiger partial charge in [-0.1, -0.05) is 26.7 Å². The van der Waals surface area contributed by atoms with Crippen molar-refractivity contribution in [3.63, 3.8) is 0 Å². The number of thiocyanates is 1. The third kappa shape index (κ3) is 7.37. The number of thioether (sulfide) groups is 1. The van der Waals surface area contributed by atoms with Crippen LogP contribution in [0.1, 0.15) is 33.1 Å². The fourth-order valence-electron chi connectivity index (χ4n) is 1.71. The SMILES string of the molecule is CC(C)CCCCNC(=S)Nc1ccc(SC#N)cc1. The lowest BCUT2D eigenvalue weighted by Gasteiger charge is -2.11. The van der Waals surface area contributed by atoms with E-state index in [-0.39, 0.29) is 0 Å². The third-order valence-electron chi connectivity index (χ3n) is 2.77. The third-order valence-corrected chi connectivity index (χ3v) is 3.62. The van der Waals surface area contributed by atoms with E-state index in [0.29, 0.717) is 5.11 Å². The molecular weight excluding hydrogens is 286 g/mol. The van der Waals surface area contributed by atoms with Gasteiger partial charge < -0.3 is 10.6 Å². The molecule has 0 spiro atoms. The minimum Gasteiger partial charge on any atom is -0.362 e. The quantitative estimate of drug-likeness (QED) is 0.339. The Morgan fingerprint density at radius 1 is 1.30 bits per heavy atom. The van der Waals surface area contributed by atoms with Gasteiger partial charge in [-0.15, -0.1) is 0 Å². The van der Waals surface area contributed by atoms with Crippen LogP contribution in [0.5, 0.6) is 0 Å². The normalized spacial score (nSPS) is 10.1. The van der Waals surface area contributed by atoms with E-state index in [1.54, 1.807) is 0 Å². The molecule has 0 aliphatic rings. The van der Waals surface area contributed by atoms with Gasteiger partial charge >= 0.3 is 0 Å². The van der Waals surface area contributed by atoms with Crippen molar-refractivity contribution >= 4 is 34.8 Å². The molecule has 0 radical (unpaired) electrons. The van der Waals surface area contributed by atoms with E-state index in [4.69, 9.17) is 17.5 Å². The number of hydrogen-bond donors (Lipinski definition) is 2. The molecule has 0 saturated heterocycles. The first kappa shape index (κ1) is 16.8. The predicted molar refractivity (Wildman–Crippen MR) is 90.8 cm³/mol. The number of benzene rings is 1. The average Bonchev–Trinajstić information content (AvgIpc) is 2.40. The number of nitriles is 1. The van der Waals surface area contributed by atoms with E-state index in [9.17, 15) is 0 Å². The van der Waals surface area contributed by atoms with Gasteiger partial charge in [-0.05, 0) is 60.6 Å². The summed E-state index contributed by atoms with van der Waals surface area (Å²) < 4.78 is 0.